The van der Waals surface area contributed by atoms with Gasteiger partial charge in [-0.25, -0.2) is 0 Å². The Labute approximate surface area is 239 Å². The summed E-state index contributed by atoms with van der Waals surface area (Å²) in [5.41, 5.74) is 5.72. The Morgan fingerprint density at radius 2 is 1.62 bits per heavy atom. The molecule has 0 aliphatic rings. The van der Waals surface area contributed by atoms with Gasteiger partial charge in [0.05, 0.1) is 12.6 Å². The molecule has 5 heteroatoms. The molecule has 0 aliphatic carbocycles. The highest BCUT2D eigenvalue weighted by atomic mass is 16.3. The number of aliphatic hydroxyl groups is 1. The van der Waals surface area contributed by atoms with E-state index in [0.717, 1.165) is 42.5 Å². The Morgan fingerprint density at radius 3 is 2.33 bits per heavy atom. The number of nitrogens with zero attached hydrogens (tertiary/aromatic N) is 2. The Morgan fingerprint density at radius 1 is 0.925 bits per heavy atom. The monoisotopic (exact) mass is 539 g/mol. The molecule has 4 aromatic rings. The van der Waals surface area contributed by atoms with Crippen LogP contribution >= 0.6 is 0 Å². The molecular formula is C35H45N3O2. The van der Waals surface area contributed by atoms with E-state index in [9.17, 15) is 9.90 Å². The van der Waals surface area contributed by atoms with Crippen molar-refractivity contribution >= 4 is 16.8 Å². The molecule has 0 saturated heterocycles. The zero-order valence-corrected chi connectivity index (χ0v) is 24.6. The Hall–Kier alpha value is -3.41. The molecule has 2 N–H and O–H groups in total. The minimum Gasteiger partial charge on any atom is -0.387 e. The molecule has 0 bridgehead atoms. The molecule has 0 fully saturated rings. The number of unbranched alkanes of at least 4 members (excludes halogenated alkanes) is 1. The van der Waals surface area contributed by atoms with Crippen molar-refractivity contribution in [3.05, 3.63) is 107 Å². The smallest absolute Gasteiger partial charge is 0.237 e. The van der Waals surface area contributed by atoms with Crippen LogP contribution in [0.5, 0.6) is 0 Å². The van der Waals surface area contributed by atoms with E-state index in [4.69, 9.17) is 0 Å². The van der Waals surface area contributed by atoms with Crippen LogP contribution in [0.25, 0.3) is 10.9 Å². The molecule has 0 aliphatic heterocycles. The van der Waals surface area contributed by atoms with Gasteiger partial charge >= 0.3 is 0 Å². The van der Waals surface area contributed by atoms with E-state index in [1.54, 1.807) is 0 Å². The average molecular weight is 540 g/mol. The van der Waals surface area contributed by atoms with Crippen molar-refractivity contribution in [2.75, 3.05) is 26.2 Å². The number of carbonyl (C=O) groups is 1. The predicted octanol–water partition coefficient (Wildman–Crippen LogP) is 6.87. The van der Waals surface area contributed by atoms with E-state index in [1.807, 2.05) is 41.3 Å². The Bertz CT molecular complexity index is 1340. The molecule has 3 aromatic carbocycles. The van der Waals surface area contributed by atoms with Gasteiger partial charge in [-0.2, -0.15) is 0 Å². The summed E-state index contributed by atoms with van der Waals surface area (Å²) in [5.74, 6) is 0.0936. The summed E-state index contributed by atoms with van der Waals surface area (Å²) < 4.78 is 0. The van der Waals surface area contributed by atoms with Crippen LogP contribution in [0.2, 0.25) is 0 Å². The first-order valence-electron chi connectivity index (χ1n) is 14.6. The summed E-state index contributed by atoms with van der Waals surface area (Å²) >= 11 is 0. The predicted molar refractivity (Wildman–Crippen MR) is 165 cm³/mol. The number of fused-ring (bicyclic) bond motifs is 1. The molecule has 4 rings (SSSR count). The lowest BCUT2D eigenvalue weighted by Gasteiger charge is -2.29. The second-order valence-electron chi connectivity index (χ2n) is 11.9. The van der Waals surface area contributed by atoms with Crippen LogP contribution in [0.15, 0.2) is 85.1 Å². The first kappa shape index (κ1) is 29.6. The number of hydrogen-bond donors (Lipinski definition) is 2. The van der Waals surface area contributed by atoms with Crippen molar-refractivity contribution in [3.63, 3.8) is 0 Å². The van der Waals surface area contributed by atoms with Crippen molar-refractivity contribution in [3.8, 4) is 0 Å². The normalized spacial score (nSPS) is 12.7. The first-order chi connectivity index (χ1) is 19.2. The number of aromatic amines is 1. The zero-order chi connectivity index (χ0) is 28.5. The molecule has 1 amide bonds. The highest BCUT2D eigenvalue weighted by Crippen LogP contribution is 2.23. The number of rotatable bonds is 13. The summed E-state index contributed by atoms with van der Waals surface area (Å²) in [6.45, 7) is 11.5. The molecule has 40 heavy (non-hydrogen) atoms. The summed E-state index contributed by atoms with van der Waals surface area (Å²) in [4.78, 5) is 21.4. The van der Waals surface area contributed by atoms with Crippen LogP contribution in [-0.2, 0) is 23.2 Å². The fraction of sp³-hybridized carbons (Fsp3) is 0.400. The molecule has 1 heterocycles. The van der Waals surface area contributed by atoms with Gasteiger partial charge in [-0.15, -0.1) is 0 Å². The number of para-hydroxylation sites is 1. The van der Waals surface area contributed by atoms with E-state index < -0.39 is 6.10 Å². The van der Waals surface area contributed by atoms with Crippen LogP contribution in [-0.4, -0.2) is 52.0 Å². The van der Waals surface area contributed by atoms with Gasteiger partial charge in [0, 0.05) is 36.7 Å². The SMILES string of the molecule is CCCCN(CC(=O)N(CCc1c[nH]c2ccccc12)Cc1ccc(C(C)(C)C)cc1)CC(O)c1ccccc1. The van der Waals surface area contributed by atoms with Gasteiger partial charge in [0.1, 0.15) is 0 Å². The molecule has 1 aromatic heterocycles. The lowest BCUT2D eigenvalue weighted by Crippen LogP contribution is -2.42. The lowest BCUT2D eigenvalue weighted by molar-refractivity contribution is -0.133. The summed E-state index contributed by atoms with van der Waals surface area (Å²) in [6, 6.07) is 26.7. The number of nitrogens with one attached hydrogen (secondary N) is 1. The highest BCUT2D eigenvalue weighted by molar-refractivity contribution is 5.83. The van der Waals surface area contributed by atoms with E-state index in [2.05, 4.69) is 86.2 Å². The number of amides is 1. The lowest BCUT2D eigenvalue weighted by atomic mass is 9.87. The fourth-order valence-electron chi connectivity index (χ4n) is 5.15. The van der Waals surface area contributed by atoms with Crippen molar-refractivity contribution < 1.29 is 9.90 Å². The minimum atomic E-state index is -0.629. The summed E-state index contributed by atoms with van der Waals surface area (Å²) in [5, 5.41) is 12.1. The topological polar surface area (TPSA) is 59.6 Å². The maximum Gasteiger partial charge on any atom is 0.237 e. The molecule has 0 saturated carbocycles. The van der Waals surface area contributed by atoms with E-state index in [1.165, 1.54) is 16.5 Å². The number of benzene rings is 3. The number of aliphatic hydroxyl groups excluding tert-OH is 1. The van der Waals surface area contributed by atoms with Crippen LogP contribution < -0.4 is 0 Å². The van der Waals surface area contributed by atoms with E-state index in [0.29, 0.717) is 19.6 Å². The van der Waals surface area contributed by atoms with Crippen molar-refractivity contribution in [2.45, 2.75) is 65.0 Å². The van der Waals surface area contributed by atoms with E-state index in [-0.39, 0.29) is 17.9 Å². The van der Waals surface area contributed by atoms with Gasteiger partial charge < -0.3 is 15.0 Å². The van der Waals surface area contributed by atoms with Gasteiger partial charge in [-0.1, -0.05) is 107 Å². The van der Waals surface area contributed by atoms with Crippen LogP contribution in [0.3, 0.4) is 0 Å². The number of carbonyl (C=O) groups excluding carboxylic acids is 1. The molecule has 1 unspecified atom stereocenters. The number of aromatic nitrogens is 1. The average Bonchev–Trinajstić information content (AvgIpc) is 3.37. The van der Waals surface area contributed by atoms with Gasteiger partial charge in [0.2, 0.25) is 5.91 Å². The Kier molecular flexibility index (Phi) is 10.2. The van der Waals surface area contributed by atoms with Gasteiger partial charge in [0.15, 0.2) is 0 Å². The van der Waals surface area contributed by atoms with Crippen LogP contribution in [0, 0.1) is 0 Å². The second-order valence-corrected chi connectivity index (χ2v) is 11.9. The molecular weight excluding hydrogens is 494 g/mol. The van der Waals surface area contributed by atoms with Gasteiger partial charge in [0.25, 0.3) is 0 Å². The molecule has 1 atom stereocenters. The molecule has 0 radical (unpaired) electrons. The summed E-state index contributed by atoms with van der Waals surface area (Å²) in [7, 11) is 0. The van der Waals surface area contributed by atoms with Gasteiger partial charge in [-0.3, -0.25) is 9.69 Å². The third-order valence-corrected chi connectivity index (χ3v) is 7.67. The van der Waals surface area contributed by atoms with Gasteiger partial charge in [-0.05, 0) is 53.1 Å². The minimum absolute atomic E-state index is 0.0861. The third kappa shape index (κ3) is 8.06. The molecule has 212 valence electrons. The largest absolute Gasteiger partial charge is 0.387 e. The molecule has 5 nitrogen and oxygen atoms in total. The maximum atomic E-state index is 13.9. The highest BCUT2D eigenvalue weighted by Gasteiger charge is 2.21. The van der Waals surface area contributed by atoms with E-state index >= 15 is 0 Å². The Balaban J connectivity index is 1.51. The zero-order valence-electron chi connectivity index (χ0n) is 24.6. The van der Waals surface area contributed by atoms with Crippen molar-refractivity contribution in [1.29, 1.82) is 0 Å². The number of hydrogen-bond acceptors (Lipinski definition) is 3. The van der Waals surface area contributed by atoms with Crippen molar-refractivity contribution in [2.24, 2.45) is 0 Å². The van der Waals surface area contributed by atoms with Crippen LogP contribution in [0.1, 0.15) is 68.9 Å². The third-order valence-electron chi connectivity index (χ3n) is 7.67. The first-order valence-corrected chi connectivity index (χ1v) is 14.6. The van der Waals surface area contributed by atoms with Crippen molar-refractivity contribution in [1.82, 2.24) is 14.8 Å². The summed E-state index contributed by atoms with van der Waals surface area (Å²) in [6.07, 6.45) is 4.23. The quantitative estimate of drug-likeness (QED) is 0.195. The second kappa shape index (κ2) is 13.8. The molecule has 0 spiro atoms. The maximum absolute atomic E-state index is 13.9. The standard InChI is InChI=1S/C35H45N3O2/c1-5-6-21-37(25-33(39)28-12-8-7-9-13-28)26-34(40)38(24-27-16-18-30(19-17-27)35(2,3)4)22-20-29-23-36-32-15-11-10-14-31(29)32/h7-19,23,33,36,39H,5-6,20-22,24-26H2,1-4H3. The number of H-pyrrole nitrogens is 1. The fourth-order valence-corrected chi connectivity index (χ4v) is 5.15. The van der Waals surface area contributed by atoms with Crippen LogP contribution in [0.4, 0.5) is 0 Å².